The molecule has 0 saturated heterocycles. The van der Waals surface area contributed by atoms with Crippen LogP contribution in [0.5, 0.6) is 0 Å². The number of hydrogen-bond acceptors (Lipinski definition) is 2. The van der Waals surface area contributed by atoms with Crippen molar-refractivity contribution in [2.75, 3.05) is 0 Å². The molecule has 10 aromatic rings. The van der Waals surface area contributed by atoms with Crippen molar-refractivity contribution < 1.29 is 0 Å². The molecule has 9 aromatic carbocycles. The summed E-state index contributed by atoms with van der Waals surface area (Å²) in [7, 11) is 0. The molecule has 2 nitrogen and oxygen atoms in total. The molecule has 2 heteroatoms. The quantitative estimate of drug-likeness (QED) is 0.174. The summed E-state index contributed by atoms with van der Waals surface area (Å²) in [5.74, 6) is 0.712. The van der Waals surface area contributed by atoms with E-state index in [9.17, 15) is 0 Å². The number of benzene rings is 9. The van der Waals surface area contributed by atoms with Gasteiger partial charge in [-0.3, -0.25) is 0 Å². The van der Waals surface area contributed by atoms with Gasteiger partial charge in [-0.15, -0.1) is 0 Å². The maximum absolute atomic E-state index is 5.41. The Labute approximate surface area is 356 Å². The molecule has 0 spiro atoms. The summed E-state index contributed by atoms with van der Waals surface area (Å²) in [6.07, 6.45) is 0. The Morgan fingerprint density at radius 3 is 1.69 bits per heavy atom. The average molecular weight is 779 g/mol. The van der Waals surface area contributed by atoms with Crippen LogP contribution in [0, 0.1) is 0 Å². The fraction of sp³-hybridized carbons (Fsp3) is 0.0847. The van der Waals surface area contributed by atoms with E-state index in [-0.39, 0.29) is 10.8 Å². The van der Waals surface area contributed by atoms with E-state index in [1.54, 1.807) is 0 Å². The summed E-state index contributed by atoms with van der Waals surface area (Å²) in [5.41, 5.74) is 18.8. The normalized spacial score (nSPS) is 15.7. The van der Waals surface area contributed by atoms with Crippen LogP contribution in [0.2, 0.25) is 0 Å². The molecule has 0 saturated carbocycles. The third kappa shape index (κ3) is 5.28. The zero-order valence-corrected chi connectivity index (χ0v) is 34.4. The molecule has 1 aromatic heterocycles. The number of fused-ring (bicyclic) bond motifs is 8. The lowest BCUT2D eigenvalue weighted by molar-refractivity contribution is 0.661. The van der Waals surface area contributed by atoms with Crippen LogP contribution in [0.3, 0.4) is 0 Å². The van der Waals surface area contributed by atoms with E-state index in [1.165, 1.54) is 77.4 Å². The molecular weight excluding hydrogens is 737 g/mol. The van der Waals surface area contributed by atoms with Crippen molar-refractivity contribution in [3.05, 3.63) is 228 Å². The van der Waals surface area contributed by atoms with Crippen LogP contribution in [-0.4, -0.2) is 9.97 Å². The summed E-state index contributed by atoms with van der Waals surface area (Å²) in [6.45, 7) is 7.12. The Hall–Kier alpha value is -7.42. The molecule has 0 amide bonds. The molecule has 0 N–H and O–H groups in total. The second-order valence-electron chi connectivity index (χ2n) is 17.4. The van der Waals surface area contributed by atoms with E-state index in [0.29, 0.717) is 5.82 Å². The van der Waals surface area contributed by atoms with E-state index < -0.39 is 0 Å². The zero-order chi connectivity index (χ0) is 40.9. The number of nitrogens with zero attached hydrogens (tertiary/aromatic N) is 2. The van der Waals surface area contributed by atoms with Gasteiger partial charge in [0, 0.05) is 27.5 Å². The first kappa shape index (κ1) is 35.5. The molecule has 0 radical (unpaired) electrons. The van der Waals surface area contributed by atoms with Gasteiger partial charge in [0.15, 0.2) is 5.82 Å². The van der Waals surface area contributed by atoms with Crippen molar-refractivity contribution in [1.82, 2.24) is 9.97 Å². The average Bonchev–Trinajstić information content (AvgIpc) is 3.71. The molecule has 2 aliphatic carbocycles. The number of rotatable bonds is 5. The van der Waals surface area contributed by atoms with Gasteiger partial charge in [-0.2, -0.15) is 0 Å². The smallest absolute Gasteiger partial charge is 0.160 e. The lowest BCUT2D eigenvalue weighted by Crippen LogP contribution is -2.23. The largest absolute Gasteiger partial charge is 0.228 e. The molecule has 2 aliphatic rings. The van der Waals surface area contributed by atoms with Crippen LogP contribution in [0.25, 0.3) is 88.8 Å². The molecule has 288 valence electrons. The summed E-state index contributed by atoms with van der Waals surface area (Å²) in [4.78, 5) is 10.8. The first-order valence-electron chi connectivity index (χ1n) is 21.3. The van der Waals surface area contributed by atoms with Crippen molar-refractivity contribution in [3.63, 3.8) is 0 Å². The Bertz CT molecular complexity index is 3400. The maximum Gasteiger partial charge on any atom is 0.160 e. The minimum atomic E-state index is -0.380. The number of aromatic nitrogens is 2. The molecule has 12 rings (SSSR count). The molecule has 61 heavy (non-hydrogen) atoms. The highest BCUT2D eigenvalue weighted by atomic mass is 14.9. The third-order valence-corrected chi connectivity index (χ3v) is 13.8. The second kappa shape index (κ2) is 13.3. The molecule has 1 atom stereocenters. The summed E-state index contributed by atoms with van der Waals surface area (Å²) < 4.78 is 0. The topological polar surface area (TPSA) is 25.8 Å². The van der Waals surface area contributed by atoms with Crippen LogP contribution in [0.4, 0.5) is 0 Å². The van der Waals surface area contributed by atoms with Gasteiger partial charge in [-0.1, -0.05) is 190 Å². The van der Waals surface area contributed by atoms with Gasteiger partial charge in [-0.05, 0) is 114 Å². The summed E-state index contributed by atoms with van der Waals surface area (Å²) in [5, 5.41) is 4.94. The number of hydrogen-bond donors (Lipinski definition) is 0. The molecule has 1 heterocycles. The Morgan fingerprint density at radius 1 is 0.344 bits per heavy atom. The van der Waals surface area contributed by atoms with Crippen LogP contribution < -0.4 is 0 Å². The van der Waals surface area contributed by atoms with Crippen molar-refractivity contribution in [1.29, 1.82) is 0 Å². The van der Waals surface area contributed by atoms with Crippen LogP contribution in [0.15, 0.2) is 200 Å². The van der Waals surface area contributed by atoms with E-state index in [2.05, 4.69) is 215 Å². The molecule has 0 bridgehead atoms. The van der Waals surface area contributed by atoms with Crippen molar-refractivity contribution >= 4 is 21.5 Å². The molecule has 0 fully saturated rings. The highest BCUT2D eigenvalue weighted by Crippen LogP contribution is 2.56. The first-order valence-corrected chi connectivity index (χ1v) is 21.3. The Kier molecular flexibility index (Phi) is 7.74. The van der Waals surface area contributed by atoms with Crippen molar-refractivity contribution in [2.45, 2.75) is 31.6 Å². The lowest BCUT2D eigenvalue weighted by atomic mass is 9.72. The Morgan fingerprint density at radius 2 is 0.902 bits per heavy atom. The minimum Gasteiger partial charge on any atom is -0.228 e. The van der Waals surface area contributed by atoms with Gasteiger partial charge in [0.25, 0.3) is 0 Å². The Balaban J connectivity index is 1.04. The van der Waals surface area contributed by atoms with Crippen LogP contribution in [-0.2, 0) is 10.8 Å². The lowest BCUT2D eigenvalue weighted by Gasteiger charge is -2.30. The van der Waals surface area contributed by atoms with Crippen LogP contribution >= 0.6 is 0 Å². The monoisotopic (exact) mass is 778 g/mol. The maximum atomic E-state index is 5.41. The van der Waals surface area contributed by atoms with Gasteiger partial charge in [0.2, 0.25) is 0 Å². The fourth-order valence-corrected chi connectivity index (χ4v) is 10.7. The van der Waals surface area contributed by atoms with Gasteiger partial charge < -0.3 is 0 Å². The summed E-state index contributed by atoms with van der Waals surface area (Å²) in [6, 6.07) is 73.2. The summed E-state index contributed by atoms with van der Waals surface area (Å²) >= 11 is 0. The van der Waals surface area contributed by atoms with E-state index in [1.807, 2.05) is 6.07 Å². The van der Waals surface area contributed by atoms with E-state index in [0.717, 1.165) is 33.5 Å². The molecule has 0 aliphatic heterocycles. The van der Waals surface area contributed by atoms with E-state index >= 15 is 0 Å². The van der Waals surface area contributed by atoms with Crippen molar-refractivity contribution in [3.8, 4) is 67.3 Å². The molecule has 1 unspecified atom stereocenters. The fourth-order valence-electron chi connectivity index (χ4n) is 10.7. The van der Waals surface area contributed by atoms with Gasteiger partial charge in [-0.25, -0.2) is 9.97 Å². The predicted octanol–water partition coefficient (Wildman–Crippen LogP) is 15.1. The van der Waals surface area contributed by atoms with Gasteiger partial charge in [0.1, 0.15) is 0 Å². The highest BCUT2D eigenvalue weighted by Gasteiger charge is 2.43. The van der Waals surface area contributed by atoms with Crippen LogP contribution in [0.1, 0.15) is 48.6 Å². The van der Waals surface area contributed by atoms with Crippen molar-refractivity contribution in [2.24, 2.45) is 0 Å². The zero-order valence-electron chi connectivity index (χ0n) is 34.4. The van der Waals surface area contributed by atoms with Gasteiger partial charge in [0.05, 0.1) is 11.4 Å². The molecular formula is C59H42N2. The SMILES string of the molecule is CC1(C)c2cc(-c3ccc(-c4cc(-c5cccc6c5C(C)(c5ccccc5)c5ccccc5-6)nc(-c5ccccc5)n4)c4ccccc34)ccc2-c2cc3ccccc3cc21. The van der Waals surface area contributed by atoms with Gasteiger partial charge >= 0.3 is 0 Å². The highest BCUT2D eigenvalue weighted by molar-refractivity contribution is 6.05. The third-order valence-electron chi connectivity index (χ3n) is 13.8. The first-order chi connectivity index (χ1) is 29.9. The second-order valence-corrected chi connectivity index (χ2v) is 17.4. The predicted molar refractivity (Wildman–Crippen MR) is 254 cm³/mol. The van der Waals surface area contributed by atoms with E-state index in [4.69, 9.17) is 9.97 Å². The standard InChI is InChI=1S/C59H42N2/c1-58(2)52-35-40(29-30-46(52)50-33-38-19-10-11-20-39(38)34-53(50)58)42-31-32-47(44-24-13-12-23-43(42)44)54-36-55(61-57(60-54)37-17-6-4-7-18-37)49-27-16-26-48-45-25-14-15-28-51(45)59(3,56(48)49)41-21-8-5-9-22-41/h4-36H,1-3H3. The minimum absolute atomic E-state index is 0.124.